The average molecular weight is 288 g/mol. The fraction of sp³-hybridized carbons (Fsp3) is 0.462. The first kappa shape index (κ1) is 15.8. The lowest BCUT2D eigenvalue weighted by molar-refractivity contribution is 0.0595. The van der Waals surface area contributed by atoms with Crippen molar-refractivity contribution >= 4 is 17.0 Å². The smallest absolute Gasteiger partial charge is 0.340 e. The second-order valence-electron chi connectivity index (χ2n) is 4.13. The molecule has 0 saturated carbocycles. The van der Waals surface area contributed by atoms with Crippen LogP contribution in [-0.2, 0) is 28.0 Å². The second-order valence-corrected chi connectivity index (χ2v) is 5.06. The van der Waals surface area contributed by atoms with Gasteiger partial charge < -0.3 is 9.29 Å². The number of methoxy groups -OCH3 is 1. The Morgan fingerprint density at radius 3 is 2.68 bits per heavy atom. The molecule has 0 saturated heterocycles. The normalized spacial score (nSPS) is 12.2. The first-order valence-electron chi connectivity index (χ1n) is 5.97. The lowest BCUT2D eigenvalue weighted by Crippen LogP contribution is -2.10. The van der Waals surface area contributed by atoms with Gasteiger partial charge in [0.25, 0.3) is 0 Å². The first-order valence-corrected chi connectivity index (χ1v) is 7.24. The lowest BCUT2D eigenvalue weighted by atomic mass is 9.99. The minimum absolute atomic E-state index is 0.122. The van der Waals surface area contributed by atoms with Crippen LogP contribution in [0.15, 0.2) is 12.1 Å². The van der Waals surface area contributed by atoms with Crippen molar-refractivity contribution in [2.24, 2.45) is 0 Å². The van der Waals surface area contributed by atoms with Crippen molar-refractivity contribution in [3.05, 3.63) is 34.6 Å². The van der Waals surface area contributed by atoms with Crippen LogP contribution in [0.25, 0.3) is 0 Å². The Kier molecular flexibility index (Phi) is 6.11. The molecule has 0 amide bonds. The highest BCUT2D eigenvalue weighted by atomic mass is 32.2. The van der Waals surface area contributed by atoms with E-state index in [0.717, 1.165) is 20.0 Å². The van der Waals surface area contributed by atoms with Gasteiger partial charge in [-0.3, -0.25) is 0 Å². The molecule has 0 spiro atoms. The quantitative estimate of drug-likeness (QED) is 0.645. The predicted molar refractivity (Wildman–Crippen MR) is 70.8 cm³/mol. The van der Waals surface area contributed by atoms with Crippen molar-refractivity contribution in [1.82, 2.24) is 0 Å². The highest BCUT2D eigenvalue weighted by Crippen LogP contribution is 2.22. The van der Waals surface area contributed by atoms with Gasteiger partial charge in [-0.15, -0.1) is 0 Å². The van der Waals surface area contributed by atoms with E-state index in [1.807, 2.05) is 6.92 Å². The molecule has 1 atom stereocenters. The highest BCUT2D eigenvalue weighted by molar-refractivity contribution is 7.78. The van der Waals surface area contributed by atoms with Crippen LogP contribution in [0.4, 0.5) is 4.39 Å². The zero-order valence-electron chi connectivity index (χ0n) is 10.9. The van der Waals surface area contributed by atoms with E-state index < -0.39 is 22.9 Å². The summed E-state index contributed by atoms with van der Waals surface area (Å²) in [6.45, 7) is 2.00. The lowest BCUT2D eigenvalue weighted by Gasteiger charge is -2.11. The molecule has 19 heavy (non-hydrogen) atoms. The number of carbonyl (C=O) groups is 1. The summed E-state index contributed by atoms with van der Waals surface area (Å²) in [7, 11) is 1.16. The van der Waals surface area contributed by atoms with E-state index in [0.29, 0.717) is 12.0 Å². The van der Waals surface area contributed by atoms with E-state index in [1.165, 1.54) is 6.07 Å². The van der Waals surface area contributed by atoms with Crippen LogP contribution in [0, 0.1) is 5.82 Å². The van der Waals surface area contributed by atoms with Crippen LogP contribution >= 0.6 is 0 Å². The number of ether oxygens (including phenoxy) is 1. The van der Waals surface area contributed by atoms with Crippen LogP contribution in [0.5, 0.6) is 0 Å². The zero-order chi connectivity index (χ0) is 14.4. The third-order valence-corrected chi connectivity index (χ3v) is 3.35. The van der Waals surface area contributed by atoms with Gasteiger partial charge >= 0.3 is 5.97 Å². The molecule has 0 aromatic heterocycles. The van der Waals surface area contributed by atoms with Crippen LogP contribution in [0.2, 0.25) is 0 Å². The Hall–Kier alpha value is -1.27. The number of unbranched alkanes of at least 4 members (excludes halogenated alkanes) is 1. The first-order chi connectivity index (χ1) is 9.01. The van der Waals surface area contributed by atoms with Gasteiger partial charge in [-0.25, -0.2) is 13.4 Å². The van der Waals surface area contributed by atoms with Gasteiger partial charge in [-0.1, -0.05) is 19.4 Å². The Bertz CT molecular complexity index is 488. The fourth-order valence-electron chi connectivity index (χ4n) is 1.81. The molecular formula is C13H17FO4S. The minimum atomic E-state index is -2.16. The maximum absolute atomic E-state index is 14.2. The molecule has 0 radical (unpaired) electrons. The summed E-state index contributed by atoms with van der Waals surface area (Å²) >= 11 is -2.16. The molecule has 0 aliphatic carbocycles. The molecule has 1 N–H and O–H groups in total. The fourth-order valence-corrected chi connectivity index (χ4v) is 2.37. The molecule has 106 valence electrons. The monoisotopic (exact) mass is 288 g/mol. The summed E-state index contributed by atoms with van der Waals surface area (Å²) in [4.78, 5) is 11.4. The molecule has 1 aromatic rings. The summed E-state index contributed by atoms with van der Waals surface area (Å²) in [5.41, 5.74) is 0.579. The van der Waals surface area contributed by atoms with Crippen molar-refractivity contribution in [2.75, 3.05) is 7.11 Å². The van der Waals surface area contributed by atoms with Gasteiger partial charge in [0.05, 0.1) is 18.4 Å². The molecule has 6 heteroatoms. The average Bonchev–Trinajstić information content (AvgIpc) is 2.38. The van der Waals surface area contributed by atoms with Gasteiger partial charge in [0, 0.05) is 5.56 Å². The molecule has 1 unspecified atom stereocenters. The van der Waals surface area contributed by atoms with E-state index in [-0.39, 0.29) is 16.9 Å². The molecule has 0 bridgehead atoms. The van der Waals surface area contributed by atoms with E-state index in [1.54, 1.807) is 6.07 Å². The molecule has 0 fully saturated rings. The molecule has 0 aliphatic heterocycles. The minimum Gasteiger partial charge on any atom is -0.465 e. The van der Waals surface area contributed by atoms with Gasteiger partial charge in [-0.05, 0) is 24.5 Å². The van der Waals surface area contributed by atoms with E-state index in [9.17, 15) is 13.4 Å². The maximum Gasteiger partial charge on any atom is 0.340 e. The van der Waals surface area contributed by atoms with Crippen molar-refractivity contribution in [1.29, 1.82) is 0 Å². The van der Waals surface area contributed by atoms with Crippen LogP contribution in [-0.4, -0.2) is 21.8 Å². The maximum atomic E-state index is 14.2. The van der Waals surface area contributed by atoms with E-state index >= 15 is 0 Å². The number of halogens is 1. The Morgan fingerprint density at radius 1 is 1.47 bits per heavy atom. The molecule has 1 aromatic carbocycles. The predicted octanol–water partition coefficient (Wildman–Crippen LogP) is 2.68. The van der Waals surface area contributed by atoms with Crippen molar-refractivity contribution in [2.45, 2.75) is 31.9 Å². The van der Waals surface area contributed by atoms with Crippen LogP contribution < -0.4 is 0 Å². The van der Waals surface area contributed by atoms with Gasteiger partial charge in [0.1, 0.15) is 5.82 Å². The van der Waals surface area contributed by atoms with Crippen molar-refractivity contribution < 1.29 is 22.7 Å². The third kappa shape index (κ3) is 4.11. The molecular weight excluding hydrogens is 271 g/mol. The number of benzene rings is 1. The Balaban J connectivity index is 3.23. The number of aryl methyl sites for hydroxylation is 1. The molecule has 4 nitrogen and oxygen atoms in total. The summed E-state index contributed by atoms with van der Waals surface area (Å²) in [5.74, 6) is -1.87. The summed E-state index contributed by atoms with van der Waals surface area (Å²) < 4.78 is 38.6. The van der Waals surface area contributed by atoms with Gasteiger partial charge in [0.15, 0.2) is 11.1 Å². The Labute approximate surface area is 114 Å². The van der Waals surface area contributed by atoms with Crippen LogP contribution in [0.3, 0.4) is 0 Å². The second kappa shape index (κ2) is 7.35. The van der Waals surface area contributed by atoms with Crippen molar-refractivity contribution in [3.8, 4) is 0 Å². The number of rotatable bonds is 6. The van der Waals surface area contributed by atoms with Gasteiger partial charge in [-0.2, -0.15) is 0 Å². The number of carbonyl (C=O) groups excluding carboxylic acids is 1. The number of hydrogen-bond donors (Lipinski definition) is 1. The summed E-state index contributed by atoms with van der Waals surface area (Å²) in [5, 5.41) is 0. The molecule has 0 heterocycles. The highest BCUT2D eigenvalue weighted by Gasteiger charge is 2.19. The third-order valence-electron chi connectivity index (χ3n) is 2.81. The molecule has 0 aliphatic rings. The SMILES string of the molecule is CCCCc1ccc(C(=O)OC)c(F)c1CS(=O)O. The topological polar surface area (TPSA) is 63.6 Å². The standard InChI is InChI=1S/C13H17FO4S/c1-3-4-5-9-6-7-10(13(15)18-2)12(14)11(9)8-19(16)17/h6-7H,3-5,8H2,1-2H3,(H,16,17). The van der Waals surface area contributed by atoms with Crippen molar-refractivity contribution in [3.63, 3.8) is 0 Å². The summed E-state index contributed by atoms with van der Waals surface area (Å²) in [6, 6.07) is 2.98. The van der Waals surface area contributed by atoms with Gasteiger partial charge in [0.2, 0.25) is 0 Å². The number of esters is 1. The van der Waals surface area contributed by atoms with E-state index in [2.05, 4.69) is 4.74 Å². The Morgan fingerprint density at radius 2 is 2.16 bits per heavy atom. The molecule has 1 rings (SSSR count). The number of hydrogen-bond acceptors (Lipinski definition) is 3. The summed E-state index contributed by atoms with van der Waals surface area (Å²) in [6.07, 6.45) is 2.39. The van der Waals surface area contributed by atoms with Crippen LogP contribution in [0.1, 0.15) is 41.3 Å². The zero-order valence-corrected chi connectivity index (χ0v) is 11.8. The van der Waals surface area contributed by atoms with E-state index in [4.69, 9.17) is 4.55 Å². The largest absolute Gasteiger partial charge is 0.465 e.